The van der Waals surface area contributed by atoms with E-state index in [-0.39, 0.29) is 5.69 Å². The Morgan fingerprint density at radius 1 is 0.857 bits per heavy atom. The Bertz CT molecular complexity index is 1420. The monoisotopic (exact) mass is 532 g/mol. The van der Waals surface area contributed by atoms with E-state index in [1.807, 2.05) is 57.2 Å². The van der Waals surface area contributed by atoms with Gasteiger partial charge in [0.2, 0.25) is 0 Å². The molecule has 0 bridgehead atoms. The fourth-order valence-corrected chi connectivity index (χ4v) is 4.21. The molecule has 0 atom stereocenters. The van der Waals surface area contributed by atoms with Crippen LogP contribution in [0.5, 0.6) is 0 Å². The first kappa shape index (κ1) is 24.2. The number of benzene rings is 3. The Hall–Kier alpha value is -3.91. The number of carbonyl (C=O) groups is 3. The maximum absolute atomic E-state index is 13.3. The Labute approximate surface area is 211 Å². The zero-order valence-corrected chi connectivity index (χ0v) is 21.2. The van der Waals surface area contributed by atoms with Gasteiger partial charge in [0.25, 0.3) is 5.91 Å². The van der Waals surface area contributed by atoms with E-state index in [4.69, 9.17) is 0 Å². The van der Waals surface area contributed by atoms with Gasteiger partial charge in [0.05, 0.1) is 5.52 Å². The molecule has 0 radical (unpaired) electrons. The van der Waals surface area contributed by atoms with Crippen LogP contribution in [0, 0.1) is 13.8 Å². The average Bonchev–Trinajstić information content (AvgIpc) is 3.19. The molecule has 35 heavy (non-hydrogen) atoms. The number of hydrogen-bond acceptors (Lipinski definition) is 3. The molecule has 0 spiro atoms. The lowest BCUT2D eigenvalue weighted by Crippen LogP contribution is -2.36. The minimum Gasteiger partial charge on any atom is -0.320 e. The molecular formula is C27H25BrN4O3. The molecule has 0 fully saturated rings. The minimum absolute atomic E-state index is 0.189. The van der Waals surface area contributed by atoms with Crippen LogP contribution in [0.1, 0.15) is 34.1 Å². The normalized spacial score (nSPS) is 10.7. The van der Waals surface area contributed by atoms with Crippen molar-refractivity contribution in [3.63, 3.8) is 0 Å². The zero-order chi connectivity index (χ0) is 25.1. The third-order valence-corrected chi connectivity index (χ3v) is 6.25. The van der Waals surface area contributed by atoms with Gasteiger partial charge < -0.3 is 10.6 Å². The van der Waals surface area contributed by atoms with Gasteiger partial charge in [0, 0.05) is 21.2 Å². The van der Waals surface area contributed by atoms with E-state index in [9.17, 15) is 14.4 Å². The van der Waals surface area contributed by atoms with Gasteiger partial charge in [0.1, 0.15) is 5.69 Å². The quantitative estimate of drug-likeness (QED) is 0.294. The molecule has 7 nitrogen and oxygen atoms in total. The third kappa shape index (κ3) is 5.27. The number of aryl methyl sites for hydroxylation is 3. The van der Waals surface area contributed by atoms with Crippen molar-refractivity contribution in [1.29, 1.82) is 0 Å². The molecule has 0 saturated carbocycles. The summed E-state index contributed by atoms with van der Waals surface area (Å²) < 4.78 is 2.16. The van der Waals surface area contributed by atoms with Crippen LogP contribution in [0.3, 0.4) is 0 Å². The molecule has 1 aromatic heterocycles. The number of anilines is 2. The molecule has 1 heterocycles. The highest BCUT2D eigenvalue weighted by Crippen LogP contribution is 2.25. The number of aromatic nitrogens is 1. The summed E-state index contributed by atoms with van der Waals surface area (Å²) in [6.45, 7) is 5.86. The van der Waals surface area contributed by atoms with Crippen molar-refractivity contribution in [1.82, 2.24) is 4.68 Å². The summed E-state index contributed by atoms with van der Waals surface area (Å²) in [6, 6.07) is 20.1. The Balaban J connectivity index is 1.63. The number of amides is 3. The number of hydrogen-bond donors (Lipinski definition) is 3. The van der Waals surface area contributed by atoms with Crippen molar-refractivity contribution < 1.29 is 14.4 Å². The molecule has 178 valence electrons. The fourth-order valence-electron chi connectivity index (χ4n) is 3.83. The maximum Gasteiger partial charge on any atom is 0.328 e. The Morgan fingerprint density at radius 2 is 1.54 bits per heavy atom. The van der Waals surface area contributed by atoms with Gasteiger partial charge in [0.15, 0.2) is 0 Å². The number of nitrogens with zero attached hydrogens (tertiary/aromatic N) is 1. The predicted octanol–water partition coefficient (Wildman–Crippen LogP) is 5.54. The average molecular weight is 533 g/mol. The third-order valence-electron chi connectivity index (χ3n) is 5.76. The highest BCUT2D eigenvalue weighted by Gasteiger charge is 2.22. The summed E-state index contributed by atoms with van der Waals surface area (Å²) in [4.78, 5) is 38.7. The van der Waals surface area contributed by atoms with E-state index in [0.29, 0.717) is 16.9 Å². The first-order valence-electron chi connectivity index (χ1n) is 11.2. The first-order chi connectivity index (χ1) is 16.8. The summed E-state index contributed by atoms with van der Waals surface area (Å²) in [6.07, 6.45) is 0.873. The van der Waals surface area contributed by atoms with Crippen LogP contribution in [0.4, 0.5) is 11.4 Å². The molecule has 0 aliphatic heterocycles. The molecule has 3 amide bonds. The lowest BCUT2D eigenvalue weighted by molar-refractivity contribution is -0.133. The van der Waals surface area contributed by atoms with Crippen molar-refractivity contribution in [2.45, 2.75) is 27.2 Å². The van der Waals surface area contributed by atoms with E-state index >= 15 is 0 Å². The lowest BCUT2D eigenvalue weighted by Gasteiger charge is -2.14. The van der Waals surface area contributed by atoms with Gasteiger partial charge >= 0.3 is 11.8 Å². The van der Waals surface area contributed by atoms with Gasteiger partial charge in [-0.05, 0) is 73.4 Å². The van der Waals surface area contributed by atoms with Gasteiger partial charge in [-0.3, -0.25) is 19.8 Å². The number of para-hydroxylation sites is 1. The molecule has 4 aromatic rings. The van der Waals surface area contributed by atoms with Gasteiger partial charge in [-0.1, -0.05) is 53.2 Å². The number of halogens is 1. The highest BCUT2D eigenvalue weighted by molar-refractivity contribution is 9.10. The van der Waals surface area contributed by atoms with Crippen molar-refractivity contribution in [2.75, 3.05) is 16.1 Å². The second kappa shape index (κ2) is 10.1. The van der Waals surface area contributed by atoms with Crippen molar-refractivity contribution in [3.8, 4) is 0 Å². The number of carbonyl (C=O) groups excluding carboxylic acids is 3. The Kier molecular flexibility index (Phi) is 7.02. The summed E-state index contributed by atoms with van der Waals surface area (Å²) in [5, 5.41) is 6.26. The molecule has 3 aromatic carbocycles. The molecule has 8 heteroatoms. The number of fused-ring (bicyclic) bond motifs is 1. The minimum atomic E-state index is -0.897. The standard InChI is InChI=1S/C27H25BrN4O3/c1-4-18-8-11-21(12-9-18)29-26(34)27(35)31-32-22-13-10-20(28)14-19(22)15-23(32)25(33)30-24-16(2)6-5-7-17(24)3/h5-15H,4H2,1-3H3,(H,29,34)(H,30,33)(H,31,35). The van der Waals surface area contributed by atoms with Crippen LogP contribution >= 0.6 is 15.9 Å². The SMILES string of the molecule is CCc1ccc(NC(=O)C(=O)Nn2c(C(=O)Nc3c(C)cccc3C)cc3cc(Br)ccc32)cc1. The molecule has 0 aliphatic carbocycles. The largest absolute Gasteiger partial charge is 0.328 e. The van der Waals surface area contributed by atoms with Crippen LogP contribution in [0.2, 0.25) is 0 Å². The maximum atomic E-state index is 13.3. The predicted molar refractivity (Wildman–Crippen MR) is 142 cm³/mol. The van der Waals surface area contributed by atoms with Crippen molar-refractivity contribution >= 4 is 55.9 Å². The van der Waals surface area contributed by atoms with Gasteiger partial charge in [-0.15, -0.1) is 0 Å². The second-order valence-electron chi connectivity index (χ2n) is 8.23. The number of nitrogens with one attached hydrogen (secondary N) is 3. The van der Waals surface area contributed by atoms with Crippen molar-refractivity contribution in [2.24, 2.45) is 0 Å². The summed E-state index contributed by atoms with van der Waals surface area (Å²) in [7, 11) is 0. The number of rotatable bonds is 5. The van der Waals surface area contributed by atoms with Crippen molar-refractivity contribution in [3.05, 3.63) is 93.6 Å². The van der Waals surface area contributed by atoms with Gasteiger partial charge in [-0.2, -0.15) is 0 Å². The summed E-state index contributed by atoms with van der Waals surface area (Å²) in [5.41, 5.74) is 7.52. The summed E-state index contributed by atoms with van der Waals surface area (Å²) >= 11 is 3.44. The molecular weight excluding hydrogens is 508 g/mol. The zero-order valence-electron chi connectivity index (χ0n) is 19.6. The molecule has 0 saturated heterocycles. The van der Waals surface area contributed by atoms with Gasteiger partial charge in [-0.25, -0.2) is 4.68 Å². The summed E-state index contributed by atoms with van der Waals surface area (Å²) in [5.74, 6) is -2.15. The van der Waals surface area contributed by atoms with E-state index in [1.54, 1.807) is 30.3 Å². The molecule has 0 unspecified atom stereocenters. The van der Waals surface area contributed by atoms with Crippen LogP contribution in [-0.4, -0.2) is 22.4 Å². The smallest absolute Gasteiger partial charge is 0.320 e. The van der Waals surface area contributed by atoms with Crippen LogP contribution in [0.15, 0.2) is 71.2 Å². The molecule has 0 aliphatic rings. The van der Waals surface area contributed by atoms with Crippen LogP contribution in [0.25, 0.3) is 10.9 Å². The topological polar surface area (TPSA) is 92.2 Å². The highest BCUT2D eigenvalue weighted by atomic mass is 79.9. The van der Waals surface area contributed by atoms with E-state index in [2.05, 4.69) is 32.0 Å². The van der Waals surface area contributed by atoms with E-state index in [0.717, 1.165) is 33.0 Å². The molecule has 4 rings (SSSR count). The lowest BCUT2D eigenvalue weighted by atomic mass is 10.1. The first-order valence-corrected chi connectivity index (χ1v) is 12.0. The Morgan fingerprint density at radius 3 is 2.20 bits per heavy atom. The second-order valence-corrected chi connectivity index (χ2v) is 9.15. The van der Waals surface area contributed by atoms with Crippen LogP contribution in [-0.2, 0) is 16.0 Å². The molecule has 3 N–H and O–H groups in total. The van der Waals surface area contributed by atoms with Crippen LogP contribution < -0.4 is 16.1 Å². The van der Waals surface area contributed by atoms with E-state index < -0.39 is 17.7 Å². The van der Waals surface area contributed by atoms with E-state index in [1.165, 1.54) is 4.68 Å². The fraction of sp³-hybridized carbons (Fsp3) is 0.148.